The van der Waals surface area contributed by atoms with Crippen LogP contribution in [0.5, 0.6) is 11.5 Å². The lowest BCUT2D eigenvalue weighted by Crippen LogP contribution is -2.30. The second-order valence-corrected chi connectivity index (χ2v) is 9.64. The molecule has 0 amide bonds. The summed E-state index contributed by atoms with van der Waals surface area (Å²) in [5, 5.41) is 0. The summed E-state index contributed by atoms with van der Waals surface area (Å²) in [5.41, 5.74) is 2.37. The van der Waals surface area contributed by atoms with E-state index >= 15 is 0 Å². The summed E-state index contributed by atoms with van der Waals surface area (Å²) in [6, 6.07) is 16.7. The molecule has 0 unspecified atom stereocenters. The number of benzene rings is 2. The van der Waals surface area contributed by atoms with E-state index in [-0.39, 0.29) is 23.0 Å². The zero-order chi connectivity index (χ0) is 21.7. The van der Waals surface area contributed by atoms with Gasteiger partial charge in [-0.3, -0.25) is 0 Å². The minimum atomic E-state index is -0.0681. The van der Waals surface area contributed by atoms with Crippen molar-refractivity contribution in [2.24, 2.45) is 0 Å². The average Bonchev–Trinajstić information content (AvgIpc) is 2.61. The summed E-state index contributed by atoms with van der Waals surface area (Å²) >= 11 is 0. The SMILES string of the molecule is CC(C)Oc1ccc(C(C)(C)COCC(C)(C)c2ccc(OC(C)C)cc2)cc1. The number of hydrogen-bond acceptors (Lipinski definition) is 3. The van der Waals surface area contributed by atoms with Gasteiger partial charge in [0.25, 0.3) is 0 Å². The van der Waals surface area contributed by atoms with Crippen molar-refractivity contribution in [3.05, 3.63) is 59.7 Å². The number of ether oxygens (including phenoxy) is 3. The minimum absolute atomic E-state index is 0.0681. The Morgan fingerprint density at radius 1 is 0.586 bits per heavy atom. The molecule has 3 heteroatoms. The van der Waals surface area contributed by atoms with Crippen LogP contribution in [0.1, 0.15) is 66.5 Å². The molecule has 2 aromatic rings. The van der Waals surface area contributed by atoms with Gasteiger partial charge in [-0.25, -0.2) is 0 Å². The quantitative estimate of drug-likeness (QED) is 0.455. The topological polar surface area (TPSA) is 27.7 Å². The first-order chi connectivity index (χ1) is 13.5. The van der Waals surface area contributed by atoms with Gasteiger partial charge in [0.05, 0.1) is 25.4 Å². The van der Waals surface area contributed by atoms with E-state index in [1.54, 1.807) is 0 Å². The van der Waals surface area contributed by atoms with Crippen LogP contribution in [-0.4, -0.2) is 25.4 Å². The Balaban J connectivity index is 1.94. The van der Waals surface area contributed by atoms with Crippen LogP contribution >= 0.6 is 0 Å². The van der Waals surface area contributed by atoms with Crippen LogP contribution in [0.15, 0.2) is 48.5 Å². The zero-order valence-electron chi connectivity index (χ0n) is 19.4. The fourth-order valence-electron chi connectivity index (χ4n) is 3.24. The van der Waals surface area contributed by atoms with Gasteiger partial charge in [0.15, 0.2) is 0 Å². The Hall–Kier alpha value is -2.00. The molecule has 0 spiro atoms. The second kappa shape index (κ2) is 9.67. The molecule has 0 aliphatic carbocycles. The molecule has 0 atom stereocenters. The molecule has 0 aliphatic heterocycles. The summed E-state index contributed by atoms with van der Waals surface area (Å²) in [6.07, 6.45) is 0.371. The van der Waals surface area contributed by atoms with Crippen LogP contribution in [-0.2, 0) is 15.6 Å². The summed E-state index contributed by atoms with van der Waals surface area (Å²) in [4.78, 5) is 0. The maximum atomic E-state index is 6.20. The van der Waals surface area contributed by atoms with Crippen LogP contribution < -0.4 is 9.47 Å². The zero-order valence-corrected chi connectivity index (χ0v) is 19.4. The van der Waals surface area contributed by atoms with Crippen molar-refractivity contribution in [1.29, 1.82) is 0 Å². The first-order valence-electron chi connectivity index (χ1n) is 10.6. The molecular weight excluding hydrogens is 360 g/mol. The third-order valence-corrected chi connectivity index (χ3v) is 4.94. The molecule has 0 aliphatic rings. The summed E-state index contributed by atoms with van der Waals surface area (Å²) in [6.45, 7) is 18.4. The molecule has 2 aromatic carbocycles. The summed E-state index contributed by atoms with van der Waals surface area (Å²) in [5.74, 6) is 1.82. The predicted octanol–water partition coefficient (Wildman–Crippen LogP) is 6.53. The van der Waals surface area contributed by atoms with Gasteiger partial charge in [-0.15, -0.1) is 0 Å². The smallest absolute Gasteiger partial charge is 0.119 e. The normalized spacial score (nSPS) is 12.5. The first-order valence-corrected chi connectivity index (χ1v) is 10.6. The van der Waals surface area contributed by atoms with Crippen molar-refractivity contribution in [3.8, 4) is 11.5 Å². The van der Waals surface area contributed by atoms with E-state index in [1.807, 2.05) is 52.0 Å². The highest BCUT2D eigenvalue weighted by Crippen LogP contribution is 2.29. The molecule has 29 heavy (non-hydrogen) atoms. The molecule has 3 nitrogen and oxygen atoms in total. The van der Waals surface area contributed by atoms with Crippen molar-refractivity contribution in [2.75, 3.05) is 13.2 Å². The molecule has 0 bridgehead atoms. The third-order valence-electron chi connectivity index (χ3n) is 4.94. The third kappa shape index (κ3) is 7.08. The maximum Gasteiger partial charge on any atom is 0.119 e. The van der Waals surface area contributed by atoms with E-state index < -0.39 is 0 Å². The van der Waals surface area contributed by atoms with E-state index in [4.69, 9.17) is 14.2 Å². The van der Waals surface area contributed by atoms with Gasteiger partial charge in [-0.2, -0.15) is 0 Å². The summed E-state index contributed by atoms with van der Waals surface area (Å²) < 4.78 is 17.7. The number of hydrogen-bond donors (Lipinski definition) is 0. The highest BCUT2D eigenvalue weighted by atomic mass is 16.5. The van der Waals surface area contributed by atoms with Gasteiger partial charge in [0.2, 0.25) is 0 Å². The predicted molar refractivity (Wildman–Crippen MR) is 121 cm³/mol. The largest absolute Gasteiger partial charge is 0.491 e. The molecule has 0 saturated heterocycles. The fraction of sp³-hybridized carbons (Fsp3) is 0.538. The van der Waals surface area contributed by atoms with Gasteiger partial charge < -0.3 is 14.2 Å². The van der Waals surface area contributed by atoms with Crippen LogP contribution in [0.2, 0.25) is 0 Å². The summed E-state index contributed by atoms with van der Waals surface area (Å²) in [7, 11) is 0. The highest BCUT2D eigenvalue weighted by molar-refractivity contribution is 5.33. The van der Waals surface area contributed by atoms with Gasteiger partial charge in [-0.05, 0) is 63.1 Å². The second-order valence-electron chi connectivity index (χ2n) is 9.64. The standard InChI is InChI=1S/C26H38O3/c1-19(2)28-23-13-9-21(10-14-23)25(5,6)17-27-18-26(7,8)22-11-15-24(16-12-22)29-20(3)4/h9-16,19-20H,17-18H2,1-8H3. The molecule has 0 aromatic heterocycles. The van der Waals surface area contributed by atoms with Gasteiger partial charge in [-0.1, -0.05) is 52.0 Å². The lowest BCUT2D eigenvalue weighted by atomic mass is 9.84. The van der Waals surface area contributed by atoms with Crippen molar-refractivity contribution in [2.45, 2.75) is 78.4 Å². The van der Waals surface area contributed by atoms with Crippen LogP contribution in [0, 0.1) is 0 Å². The van der Waals surface area contributed by atoms with Gasteiger partial charge >= 0.3 is 0 Å². The molecule has 0 N–H and O–H groups in total. The van der Waals surface area contributed by atoms with Gasteiger partial charge in [0.1, 0.15) is 11.5 Å². The van der Waals surface area contributed by atoms with Crippen LogP contribution in [0.3, 0.4) is 0 Å². The highest BCUT2D eigenvalue weighted by Gasteiger charge is 2.25. The molecule has 0 saturated carbocycles. The van der Waals surface area contributed by atoms with Gasteiger partial charge in [0, 0.05) is 10.8 Å². The van der Waals surface area contributed by atoms with Crippen molar-refractivity contribution in [3.63, 3.8) is 0 Å². The van der Waals surface area contributed by atoms with E-state index in [2.05, 4.69) is 52.0 Å². The maximum absolute atomic E-state index is 6.20. The average molecular weight is 399 g/mol. The van der Waals surface area contributed by atoms with E-state index in [9.17, 15) is 0 Å². The van der Waals surface area contributed by atoms with E-state index in [0.717, 1.165) is 11.5 Å². The van der Waals surface area contributed by atoms with Crippen LogP contribution in [0.25, 0.3) is 0 Å². The van der Waals surface area contributed by atoms with Crippen LogP contribution in [0.4, 0.5) is 0 Å². The molecule has 0 radical (unpaired) electrons. The molecule has 0 heterocycles. The Bertz CT molecular complexity index is 675. The lowest BCUT2D eigenvalue weighted by Gasteiger charge is -2.30. The Labute approximate surface area is 177 Å². The fourth-order valence-corrected chi connectivity index (χ4v) is 3.24. The van der Waals surface area contributed by atoms with Crippen molar-refractivity contribution in [1.82, 2.24) is 0 Å². The molecule has 0 fully saturated rings. The van der Waals surface area contributed by atoms with E-state index in [0.29, 0.717) is 13.2 Å². The Morgan fingerprint density at radius 3 is 1.17 bits per heavy atom. The van der Waals surface area contributed by atoms with Crippen molar-refractivity contribution >= 4 is 0 Å². The lowest BCUT2D eigenvalue weighted by molar-refractivity contribution is 0.0633. The molecule has 160 valence electrons. The Morgan fingerprint density at radius 2 is 0.897 bits per heavy atom. The monoisotopic (exact) mass is 398 g/mol. The van der Waals surface area contributed by atoms with E-state index in [1.165, 1.54) is 11.1 Å². The Kier molecular flexibility index (Phi) is 7.76. The molecule has 2 rings (SSSR count). The minimum Gasteiger partial charge on any atom is -0.491 e. The molecular formula is C26H38O3. The number of rotatable bonds is 10. The van der Waals surface area contributed by atoms with Crippen molar-refractivity contribution < 1.29 is 14.2 Å². The first kappa shape index (κ1) is 23.3.